The maximum Gasteiger partial charge on any atom is 0.223 e. The van der Waals surface area contributed by atoms with E-state index in [-0.39, 0.29) is 11.8 Å². The molecule has 3 aromatic rings. The molecule has 0 spiro atoms. The Labute approximate surface area is 235 Å². The molecule has 2 aliphatic heterocycles. The Morgan fingerprint density at radius 1 is 1.05 bits per heavy atom. The molecule has 4 heterocycles. The van der Waals surface area contributed by atoms with E-state index < -0.39 is 0 Å². The molecule has 2 saturated heterocycles. The lowest BCUT2D eigenvalue weighted by Crippen LogP contribution is -2.45. The lowest BCUT2D eigenvalue weighted by molar-refractivity contribution is -0.125. The summed E-state index contributed by atoms with van der Waals surface area (Å²) in [5.74, 6) is 1.16. The van der Waals surface area contributed by atoms with E-state index in [9.17, 15) is 4.79 Å². The second-order valence-electron chi connectivity index (χ2n) is 10.5. The third-order valence-electron chi connectivity index (χ3n) is 7.86. The van der Waals surface area contributed by atoms with Crippen molar-refractivity contribution in [3.8, 4) is 10.9 Å². The van der Waals surface area contributed by atoms with Crippen LogP contribution in [0.2, 0.25) is 0 Å². The van der Waals surface area contributed by atoms with Gasteiger partial charge in [0, 0.05) is 55.7 Å². The van der Waals surface area contributed by atoms with E-state index in [0.29, 0.717) is 19.2 Å². The lowest BCUT2D eigenvalue weighted by atomic mass is 9.96. The summed E-state index contributed by atoms with van der Waals surface area (Å²) >= 11 is 1.60. The molecule has 2 aromatic heterocycles. The molecule has 210 valence electrons. The average Bonchev–Trinajstić information content (AvgIpc) is 3.64. The minimum absolute atomic E-state index is 0.0807. The van der Waals surface area contributed by atoms with E-state index in [4.69, 9.17) is 4.74 Å². The third-order valence-corrected chi connectivity index (χ3v) is 8.84. The number of hydrogen-bond donors (Lipinski definition) is 2. The fourth-order valence-electron chi connectivity index (χ4n) is 5.50. The molecule has 0 bridgehead atoms. The van der Waals surface area contributed by atoms with Crippen LogP contribution in [0.15, 0.2) is 42.6 Å². The van der Waals surface area contributed by atoms with E-state index >= 15 is 0 Å². The van der Waals surface area contributed by atoms with Crippen LogP contribution in [-0.4, -0.2) is 70.9 Å². The van der Waals surface area contributed by atoms with Crippen molar-refractivity contribution in [2.45, 2.75) is 58.5 Å². The minimum Gasteiger partial charge on any atom is -0.494 e. The second kappa shape index (κ2) is 13.3. The van der Waals surface area contributed by atoms with Gasteiger partial charge in [0.2, 0.25) is 16.2 Å². The van der Waals surface area contributed by atoms with Crippen molar-refractivity contribution in [2.24, 2.45) is 5.92 Å². The number of hydrogen-bond acceptors (Lipinski definition) is 8. The third kappa shape index (κ3) is 7.10. The zero-order valence-electron chi connectivity index (χ0n) is 23.1. The van der Waals surface area contributed by atoms with E-state index in [1.54, 1.807) is 11.3 Å². The number of aromatic nitrogens is 3. The Morgan fingerprint density at radius 2 is 1.85 bits per heavy atom. The van der Waals surface area contributed by atoms with Crippen molar-refractivity contribution < 1.29 is 9.53 Å². The summed E-state index contributed by atoms with van der Waals surface area (Å²) in [7, 11) is 0. The fourth-order valence-corrected chi connectivity index (χ4v) is 6.41. The van der Waals surface area contributed by atoms with Gasteiger partial charge in [-0.1, -0.05) is 17.8 Å². The number of carbonyl (C=O) groups is 1. The molecular formula is C29H41N7O2S. The number of anilines is 2. The van der Waals surface area contributed by atoms with E-state index in [2.05, 4.69) is 48.2 Å². The first-order valence-corrected chi connectivity index (χ1v) is 15.2. The van der Waals surface area contributed by atoms with Gasteiger partial charge in [0.15, 0.2) is 0 Å². The highest BCUT2D eigenvalue weighted by atomic mass is 32.1. The number of nitrogens with zero attached hydrogens (tertiary/aromatic N) is 5. The van der Waals surface area contributed by atoms with Gasteiger partial charge in [-0.25, -0.2) is 0 Å². The quantitative estimate of drug-likeness (QED) is 0.362. The van der Waals surface area contributed by atoms with Crippen LogP contribution in [0.3, 0.4) is 0 Å². The Hall–Kier alpha value is -3.11. The van der Waals surface area contributed by atoms with Crippen LogP contribution in [0, 0.1) is 5.92 Å². The SMILES string of the molecule is CCOc1ccc(NCc2cccn2-c2nnc(N3CCC(C(=O)NCCN4CCCC[C@H]4C)CC3)s2)cc1. The van der Waals surface area contributed by atoms with E-state index in [1.807, 2.05) is 43.5 Å². The molecule has 2 N–H and O–H groups in total. The predicted octanol–water partition coefficient (Wildman–Crippen LogP) is 4.55. The van der Waals surface area contributed by atoms with Crippen LogP contribution < -0.4 is 20.3 Å². The fraction of sp³-hybridized carbons (Fsp3) is 0.552. The van der Waals surface area contributed by atoms with Crippen LogP contribution in [0.5, 0.6) is 5.75 Å². The predicted molar refractivity (Wildman–Crippen MR) is 157 cm³/mol. The van der Waals surface area contributed by atoms with Crippen molar-refractivity contribution in [1.82, 2.24) is 25.0 Å². The molecule has 0 radical (unpaired) electrons. The van der Waals surface area contributed by atoms with Crippen molar-refractivity contribution >= 4 is 28.1 Å². The van der Waals surface area contributed by atoms with Crippen LogP contribution in [0.1, 0.15) is 51.6 Å². The zero-order chi connectivity index (χ0) is 27.0. The highest BCUT2D eigenvalue weighted by molar-refractivity contribution is 7.17. The number of amides is 1. The van der Waals surface area contributed by atoms with Crippen molar-refractivity contribution in [2.75, 3.05) is 49.5 Å². The van der Waals surface area contributed by atoms with E-state index in [1.165, 1.54) is 19.3 Å². The van der Waals surface area contributed by atoms with Gasteiger partial charge in [0.05, 0.1) is 13.2 Å². The number of rotatable bonds is 11. The van der Waals surface area contributed by atoms with Crippen molar-refractivity contribution in [1.29, 1.82) is 0 Å². The van der Waals surface area contributed by atoms with Gasteiger partial charge < -0.3 is 20.3 Å². The van der Waals surface area contributed by atoms with Gasteiger partial charge in [-0.3, -0.25) is 14.3 Å². The maximum absolute atomic E-state index is 12.8. The smallest absolute Gasteiger partial charge is 0.223 e. The van der Waals surface area contributed by atoms with Crippen LogP contribution in [0.4, 0.5) is 10.8 Å². The molecule has 1 amide bonds. The molecule has 0 saturated carbocycles. The number of ether oxygens (including phenoxy) is 1. The number of piperidine rings is 2. The van der Waals surface area contributed by atoms with Gasteiger partial charge in [0.1, 0.15) is 5.75 Å². The summed E-state index contributed by atoms with van der Waals surface area (Å²) in [5.41, 5.74) is 2.15. The highest BCUT2D eigenvalue weighted by Crippen LogP contribution is 2.29. The topological polar surface area (TPSA) is 87.5 Å². The van der Waals surface area contributed by atoms with Crippen molar-refractivity contribution in [3.05, 3.63) is 48.3 Å². The first-order chi connectivity index (χ1) is 19.1. The highest BCUT2D eigenvalue weighted by Gasteiger charge is 2.27. The summed E-state index contributed by atoms with van der Waals surface area (Å²) in [4.78, 5) is 17.6. The molecule has 10 heteroatoms. The molecular weight excluding hydrogens is 510 g/mol. The van der Waals surface area contributed by atoms with Gasteiger partial charge in [0.25, 0.3) is 0 Å². The largest absolute Gasteiger partial charge is 0.494 e. The molecule has 9 nitrogen and oxygen atoms in total. The van der Waals surface area contributed by atoms with Crippen LogP contribution >= 0.6 is 11.3 Å². The van der Waals surface area contributed by atoms with Crippen molar-refractivity contribution in [3.63, 3.8) is 0 Å². The maximum atomic E-state index is 12.8. The van der Waals surface area contributed by atoms with Gasteiger partial charge in [-0.2, -0.15) is 0 Å². The molecule has 0 unspecified atom stereocenters. The minimum atomic E-state index is 0.0807. The average molecular weight is 552 g/mol. The molecule has 1 atom stereocenters. The first-order valence-electron chi connectivity index (χ1n) is 14.3. The summed E-state index contributed by atoms with van der Waals surface area (Å²) in [6.07, 6.45) is 7.60. The van der Waals surface area contributed by atoms with Gasteiger partial charge in [-0.05, 0) is 82.5 Å². The molecule has 2 fully saturated rings. The second-order valence-corrected chi connectivity index (χ2v) is 11.4. The molecule has 39 heavy (non-hydrogen) atoms. The Kier molecular flexibility index (Phi) is 9.36. The number of benzene rings is 1. The number of carbonyl (C=O) groups excluding carboxylic acids is 1. The molecule has 0 aliphatic carbocycles. The number of nitrogens with one attached hydrogen (secondary N) is 2. The Bertz CT molecular complexity index is 1190. The van der Waals surface area contributed by atoms with Crippen LogP contribution in [0.25, 0.3) is 5.13 Å². The summed E-state index contributed by atoms with van der Waals surface area (Å²) in [5, 5.41) is 17.4. The summed E-state index contributed by atoms with van der Waals surface area (Å²) in [6.45, 7) is 10.1. The standard InChI is InChI=1S/C29H41N7O2S/c1-3-38-26-11-9-24(10-12-26)31-21-25-8-6-17-36(25)29-33-32-28(39-29)35-18-13-23(14-19-35)27(37)30-15-20-34-16-5-4-7-22(34)2/h6,8-12,17,22-23,31H,3-5,7,13-16,18-21H2,1-2H3,(H,30,37)/t22-/m1/s1. The first kappa shape index (κ1) is 27.5. The normalized spacial score (nSPS) is 18.7. The molecule has 1 aromatic carbocycles. The molecule has 2 aliphatic rings. The summed E-state index contributed by atoms with van der Waals surface area (Å²) in [6, 6.07) is 12.8. The number of likely N-dealkylation sites (tertiary alicyclic amines) is 1. The molecule has 5 rings (SSSR count). The monoisotopic (exact) mass is 551 g/mol. The Morgan fingerprint density at radius 3 is 2.62 bits per heavy atom. The Balaban J connectivity index is 1.09. The van der Waals surface area contributed by atoms with Gasteiger partial charge >= 0.3 is 0 Å². The van der Waals surface area contributed by atoms with E-state index in [0.717, 1.165) is 73.0 Å². The van der Waals surface area contributed by atoms with Gasteiger partial charge in [-0.15, -0.1) is 10.2 Å². The summed E-state index contributed by atoms with van der Waals surface area (Å²) < 4.78 is 7.62. The lowest BCUT2D eigenvalue weighted by Gasteiger charge is -2.34. The zero-order valence-corrected chi connectivity index (χ0v) is 24.0. The van der Waals surface area contributed by atoms with Crippen LogP contribution in [-0.2, 0) is 11.3 Å².